The maximum Gasteiger partial charge on any atom is 0.224 e. The molecule has 0 radical (unpaired) electrons. The molecule has 2 rings (SSSR count). The third kappa shape index (κ3) is 8.80. The molecule has 1 aromatic rings. The van der Waals surface area contributed by atoms with E-state index in [2.05, 4.69) is 41.2 Å². The fraction of sp³-hybridized carbons (Fsp3) is 0.636. The van der Waals surface area contributed by atoms with Crippen molar-refractivity contribution >= 4 is 35.8 Å². The number of ether oxygens (including phenoxy) is 1. The van der Waals surface area contributed by atoms with E-state index in [4.69, 9.17) is 4.74 Å². The lowest BCUT2D eigenvalue weighted by Gasteiger charge is -2.31. The number of halogens is 1. The van der Waals surface area contributed by atoms with Crippen LogP contribution in [0.5, 0.6) is 5.75 Å². The second-order valence-corrected chi connectivity index (χ2v) is 7.51. The normalized spacial score (nSPS) is 16.8. The molecule has 0 aliphatic carbocycles. The van der Waals surface area contributed by atoms with Gasteiger partial charge in [0.1, 0.15) is 5.75 Å². The molecule has 164 valence electrons. The quantitative estimate of drug-likeness (QED) is 0.325. The van der Waals surface area contributed by atoms with Gasteiger partial charge < -0.3 is 19.9 Å². The zero-order valence-corrected chi connectivity index (χ0v) is 20.6. The zero-order valence-electron chi connectivity index (χ0n) is 18.3. The number of benzene rings is 1. The van der Waals surface area contributed by atoms with Crippen LogP contribution in [0.1, 0.15) is 45.6 Å². The number of likely N-dealkylation sites (tertiary alicyclic amines) is 1. The number of hydrogen-bond donors (Lipinski definition) is 1. The number of nitrogens with one attached hydrogen (secondary N) is 1. The van der Waals surface area contributed by atoms with Crippen LogP contribution in [-0.2, 0) is 11.3 Å². The van der Waals surface area contributed by atoms with Gasteiger partial charge >= 0.3 is 0 Å². The van der Waals surface area contributed by atoms with E-state index >= 15 is 0 Å². The summed E-state index contributed by atoms with van der Waals surface area (Å²) in [5, 5.41) is 3.32. The summed E-state index contributed by atoms with van der Waals surface area (Å²) in [6, 6.07) is 8.14. The number of piperidine rings is 1. The highest BCUT2D eigenvalue weighted by atomic mass is 127. The van der Waals surface area contributed by atoms with E-state index in [1.165, 1.54) is 12.0 Å². The molecule has 1 N–H and O–H groups in total. The number of nitrogens with zero attached hydrogens (tertiary/aromatic N) is 3. The lowest BCUT2D eigenvalue weighted by atomic mass is 10.00. The van der Waals surface area contributed by atoms with Gasteiger partial charge in [0.05, 0.1) is 13.2 Å². The molecule has 0 spiro atoms. The Morgan fingerprint density at radius 3 is 2.66 bits per heavy atom. The SMILES string of the molecule is CCNC(=NCCC(=O)N1CCCC(C)C1)N(C)Cc1ccc(OCC)cc1.I. The van der Waals surface area contributed by atoms with Crippen molar-refractivity contribution in [1.29, 1.82) is 0 Å². The average molecular weight is 516 g/mol. The lowest BCUT2D eigenvalue weighted by Crippen LogP contribution is -2.40. The number of aliphatic imine (C=N–C) groups is 1. The summed E-state index contributed by atoms with van der Waals surface area (Å²) in [4.78, 5) is 21.2. The molecule has 1 amide bonds. The first kappa shape index (κ1) is 25.5. The molecule has 1 aromatic carbocycles. The number of carbonyl (C=O) groups is 1. The molecule has 1 heterocycles. The number of carbonyl (C=O) groups excluding carboxylic acids is 1. The Bertz CT molecular complexity index is 636. The Morgan fingerprint density at radius 1 is 1.31 bits per heavy atom. The van der Waals surface area contributed by atoms with Crippen LogP contribution in [0, 0.1) is 5.92 Å². The van der Waals surface area contributed by atoms with Crippen LogP contribution in [0.25, 0.3) is 0 Å². The summed E-state index contributed by atoms with van der Waals surface area (Å²) >= 11 is 0. The molecule has 1 aliphatic rings. The Labute approximate surface area is 193 Å². The van der Waals surface area contributed by atoms with Gasteiger partial charge in [-0.25, -0.2) is 0 Å². The van der Waals surface area contributed by atoms with Crippen molar-refractivity contribution in [2.75, 3.05) is 39.8 Å². The minimum absolute atomic E-state index is 0. The van der Waals surface area contributed by atoms with Gasteiger partial charge in [-0.3, -0.25) is 9.79 Å². The topological polar surface area (TPSA) is 57.2 Å². The molecule has 0 bridgehead atoms. The van der Waals surface area contributed by atoms with E-state index in [1.807, 2.05) is 31.0 Å². The molecule has 7 heteroatoms. The molecule has 1 fully saturated rings. The van der Waals surface area contributed by atoms with Gasteiger partial charge in [-0.15, -0.1) is 24.0 Å². The van der Waals surface area contributed by atoms with E-state index in [0.717, 1.165) is 44.3 Å². The maximum atomic E-state index is 12.4. The standard InChI is InChI=1S/C22H36N4O2.HI/c1-5-23-22(24-14-13-21(27)26-15-7-8-18(3)16-26)25(4)17-19-9-11-20(12-10-19)28-6-2;/h9-12,18H,5-8,13-17H2,1-4H3,(H,23,24);1H. The number of amides is 1. The Kier molecular flexibility index (Phi) is 12.0. The van der Waals surface area contributed by atoms with E-state index in [1.54, 1.807) is 0 Å². The smallest absolute Gasteiger partial charge is 0.224 e. The van der Waals surface area contributed by atoms with Crippen LogP contribution in [0.4, 0.5) is 0 Å². The predicted molar refractivity (Wildman–Crippen MR) is 130 cm³/mol. The first-order valence-electron chi connectivity index (χ1n) is 10.5. The van der Waals surface area contributed by atoms with Crippen molar-refractivity contribution in [3.8, 4) is 5.75 Å². The summed E-state index contributed by atoms with van der Waals surface area (Å²) in [7, 11) is 2.02. The van der Waals surface area contributed by atoms with Crippen LogP contribution >= 0.6 is 24.0 Å². The van der Waals surface area contributed by atoms with Gasteiger partial charge in [-0.2, -0.15) is 0 Å². The maximum absolute atomic E-state index is 12.4. The summed E-state index contributed by atoms with van der Waals surface area (Å²) in [5.41, 5.74) is 1.19. The number of hydrogen-bond acceptors (Lipinski definition) is 3. The van der Waals surface area contributed by atoms with Crippen molar-refractivity contribution < 1.29 is 9.53 Å². The molecular weight excluding hydrogens is 479 g/mol. The number of rotatable bonds is 8. The second kappa shape index (κ2) is 13.7. The fourth-order valence-electron chi connectivity index (χ4n) is 3.51. The van der Waals surface area contributed by atoms with Crippen molar-refractivity contribution in [3.63, 3.8) is 0 Å². The number of guanidine groups is 1. The molecular formula is C22H37IN4O2. The Morgan fingerprint density at radius 2 is 2.03 bits per heavy atom. The monoisotopic (exact) mass is 516 g/mol. The van der Waals surface area contributed by atoms with Gasteiger partial charge in [0, 0.05) is 39.6 Å². The largest absolute Gasteiger partial charge is 0.494 e. The summed E-state index contributed by atoms with van der Waals surface area (Å²) < 4.78 is 5.50. The molecule has 0 aromatic heterocycles. The molecule has 6 nitrogen and oxygen atoms in total. The van der Waals surface area contributed by atoms with Crippen molar-refractivity contribution in [3.05, 3.63) is 29.8 Å². The second-order valence-electron chi connectivity index (χ2n) is 7.51. The predicted octanol–water partition coefficient (Wildman–Crippen LogP) is 3.75. The molecule has 29 heavy (non-hydrogen) atoms. The summed E-state index contributed by atoms with van der Waals surface area (Å²) in [6.45, 7) is 10.8. The molecule has 1 unspecified atom stereocenters. The van der Waals surface area contributed by atoms with Gasteiger partial charge in [-0.1, -0.05) is 19.1 Å². The lowest BCUT2D eigenvalue weighted by molar-refractivity contribution is -0.132. The molecule has 1 atom stereocenters. The van der Waals surface area contributed by atoms with Crippen molar-refractivity contribution in [1.82, 2.24) is 15.1 Å². The summed E-state index contributed by atoms with van der Waals surface area (Å²) in [5.74, 6) is 2.55. The van der Waals surface area contributed by atoms with Crippen LogP contribution in [-0.4, -0.2) is 61.5 Å². The third-order valence-electron chi connectivity index (χ3n) is 4.95. The van der Waals surface area contributed by atoms with Gasteiger partial charge in [0.25, 0.3) is 0 Å². The Hall–Kier alpha value is -1.51. The minimum Gasteiger partial charge on any atom is -0.494 e. The van der Waals surface area contributed by atoms with Crippen LogP contribution in [0.2, 0.25) is 0 Å². The van der Waals surface area contributed by atoms with Crippen LogP contribution in [0.15, 0.2) is 29.3 Å². The van der Waals surface area contributed by atoms with Crippen LogP contribution < -0.4 is 10.1 Å². The van der Waals surface area contributed by atoms with Gasteiger partial charge in [0.2, 0.25) is 5.91 Å². The van der Waals surface area contributed by atoms with Crippen molar-refractivity contribution in [2.24, 2.45) is 10.9 Å². The zero-order chi connectivity index (χ0) is 20.4. The van der Waals surface area contributed by atoms with E-state index < -0.39 is 0 Å². The first-order chi connectivity index (χ1) is 13.5. The minimum atomic E-state index is 0. The molecule has 0 saturated carbocycles. The Balaban J connectivity index is 0.00000420. The van der Waals surface area contributed by atoms with E-state index in [0.29, 0.717) is 25.5 Å². The highest BCUT2D eigenvalue weighted by molar-refractivity contribution is 14.0. The van der Waals surface area contributed by atoms with Crippen molar-refractivity contribution in [2.45, 2.75) is 46.6 Å². The summed E-state index contributed by atoms with van der Waals surface area (Å²) in [6.07, 6.45) is 2.81. The third-order valence-corrected chi connectivity index (χ3v) is 4.95. The van der Waals surface area contributed by atoms with E-state index in [-0.39, 0.29) is 29.9 Å². The first-order valence-corrected chi connectivity index (χ1v) is 10.5. The van der Waals surface area contributed by atoms with Gasteiger partial charge in [0.15, 0.2) is 5.96 Å². The highest BCUT2D eigenvalue weighted by Crippen LogP contribution is 2.16. The van der Waals surface area contributed by atoms with E-state index in [9.17, 15) is 4.79 Å². The van der Waals surface area contributed by atoms with Crippen LogP contribution in [0.3, 0.4) is 0 Å². The average Bonchev–Trinajstić information content (AvgIpc) is 2.69. The molecule has 1 aliphatic heterocycles. The van der Waals surface area contributed by atoms with Gasteiger partial charge in [-0.05, 0) is 50.3 Å². The highest BCUT2D eigenvalue weighted by Gasteiger charge is 2.20. The molecule has 1 saturated heterocycles. The fourth-order valence-corrected chi connectivity index (χ4v) is 3.51.